The van der Waals surface area contributed by atoms with Gasteiger partial charge in [0, 0.05) is 6.07 Å². The van der Waals surface area contributed by atoms with Crippen LogP contribution < -0.4 is 4.74 Å². The lowest BCUT2D eigenvalue weighted by atomic mass is 10.1. The van der Waals surface area contributed by atoms with Gasteiger partial charge in [-0.1, -0.05) is 18.2 Å². The van der Waals surface area contributed by atoms with Gasteiger partial charge in [0.05, 0.1) is 28.1 Å². The summed E-state index contributed by atoms with van der Waals surface area (Å²) >= 11 is 0. The number of methoxy groups -OCH3 is 1. The summed E-state index contributed by atoms with van der Waals surface area (Å²) in [6.45, 7) is 0. The Bertz CT molecular complexity index is 755. The van der Waals surface area contributed by atoms with Gasteiger partial charge in [0.15, 0.2) is 5.75 Å². The van der Waals surface area contributed by atoms with Crippen molar-refractivity contribution < 1.29 is 14.6 Å². The SMILES string of the molecule is COc1cccc(/C=C/c2ccccc2[N+](=O)[O-])c1[N+](=O)[O-]. The van der Waals surface area contributed by atoms with Crippen molar-refractivity contribution in [2.24, 2.45) is 0 Å². The second kappa shape index (κ2) is 6.49. The van der Waals surface area contributed by atoms with E-state index >= 15 is 0 Å². The van der Waals surface area contributed by atoms with Crippen LogP contribution in [0.25, 0.3) is 12.2 Å². The van der Waals surface area contributed by atoms with Crippen molar-refractivity contribution in [2.45, 2.75) is 0 Å². The van der Waals surface area contributed by atoms with Gasteiger partial charge in [-0.05, 0) is 30.4 Å². The quantitative estimate of drug-likeness (QED) is 0.476. The molecule has 7 heteroatoms. The Morgan fingerprint density at radius 3 is 2.18 bits per heavy atom. The van der Waals surface area contributed by atoms with E-state index in [1.54, 1.807) is 30.3 Å². The number of nitrogens with zero attached hydrogens (tertiary/aromatic N) is 2. The van der Waals surface area contributed by atoms with Gasteiger partial charge >= 0.3 is 5.69 Å². The first-order valence-electron chi connectivity index (χ1n) is 6.27. The van der Waals surface area contributed by atoms with E-state index in [1.165, 1.54) is 31.4 Å². The Hall–Kier alpha value is -3.22. The molecule has 0 saturated heterocycles. The Labute approximate surface area is 125 Å². The highest BCUT2D eigenvalue weighted by molar-refractivity contribution is 5.78. The number of benzene rings is 2. The van der Waals surface area contributed by atoms with E-state index in [2.05, 4.69) is 0 Å². The molecule has 0 aliphatic carbocycles. The van der Waals surface area contributed by atoms with Crippen molar-refractivity contribution in [1.29, 1.82) is 0 Å². The third kappa shape index (κ3) is 3.09. The molecule has 0 N–H and O–H groups in total. The first-order valence-corrected chi connectivity index (χ1v) is 6.27. The van der Waals surface area contributed by atoms with Crippen LogP contribution >= 0.6 is 0 Å². The highest BCUT2D eigenvalue weighted by Crippen LogP contribution is 2.32. The maximum absolute atomic E-state index is 11.2. The second-order valence-corrected chi connectivity index (χ2v) is 4.30. The number of nitro groups is 2. The number of para-hydroxylation sites is 2. The third-order valence-corrected chi connectivity index (χ3v) is 3.01. The molecule has 22 heavy (non-hydrogen) atoms. The van der Waals surface area contributed by atoms with Crippen LogP contribution in [0.5, 0.6) is 5.75 Å². The number of ether oxygens (including phenoxy) is 1. The maximum Gasteiger partial charge on any atom is 0.318 e. The van der Waals surface area contributed by atoms with Gasteiger partial charge < -0.3 is 4.74 Å². The minimum Gasteiger partial charge on any atom is -0.490 e. The van der Waals surface area contributed by atoms with Crippen molar-refractivity contribution in [3.8, 4) is 5.75 Å². The fourth-order valence-electron chi connectivity index (χ4n) is 2.01. The molecule has 0 bridgehead atoms. The van der Waals surface area contributed by atoms with Crippen LogP contribution in [0, 0.1) is 20.2 Å². The number of nitro benzene ring substituents is 2. The number of rotatable bonds is 5. The maximum atomic E-state index is 11.2. The van der Waals surface area contributed by atoms with Gasteiger partial charge in [0.1, 0.15) is 0 Å². The molecular formula is C15H12N2O5. The zero-order valence-electron chi connectivity index (χ0n) is 11.6. The topological polar surface area (TPSA) is 95.5 Å². The average molecular weight is 300 g/mol. The summed E-state index contributed by atoms with van der Waals surface area (Å²) in [7, 11) is 1.35. The molecule has 7 nitrogen and oxygen atoms in total. The molecule has 2 rings (SSSR count). The Balaban J connectivity index is 2.48. The molecule has 0 aromatic heterocycles. The molecule has 0 fully saturated rings. The van der Waals surface area contributed by atoms with Crippen LogP contribution in [-0.4, -0.2) is 17.0 Å². The molecule has 0 radical (unpaired) electrons. The Morgan fingerprint density at radius 2 is 1.55 bits per heavy atom. The van der Waals surface area contributed by atoms with Crippen LogP contribution in [0.3, 0.4) is 0 Å². The molecule has 0 saturated carbocycles. The fraction of sp³-hybridized carbons (Fsp3) is 0.0667. The highest BCUT2D eigenvalue weighted by atomic mass is 16.6. The third-order valence-electron chi connectivity index (χ3n) is 3.01. The van der Waals surface area contributed by atoms with E-state index in [9.17, 15) is 20.2 Å². The van der Waals surface area contributed by atoms with E-state index < -0.39 is 9.85 Å². The average Bonchev–Trinajstić information content (AvgIpc) is 2.52. The first-order chi connectivity index (χ1) is 10.5. The molecule has 0 heterocycles. The van der Waals surface area contributed by atoms with Gasteiger partial charge in [0.25, 0.3) is 5.69 Å². The summed E-state index contributed by atoms with van der Waals surface area (Å²) in [6, 6.07) is 10.8. The minimum absolute atomic E-state index is 0.0655. The van der Waals surface area contributed by atoms with Crippen molar-refractivity contribution in [1.82, 2.24) is 0 Å². The molecular weight excluding hydrogens is 288 g/mol. The van der Waals surface area contributed by atoms with Gasteiger partial charge in [-0.25, -0.2) is 0 Å². The standard InChI is InChI=1S/C15H12N2O5/c1-22-14-8-4-6-12(15(14)17(20)21)10-9-11-5-2-3-7-13(11)16(18)19/h2-10H,1H3/b10-9+. The van der Waals surface area contributed by atoms with Gasteiger partial charge in [0.2, 0.25) is 0 Å². The highest BCUT2D eigenvalue weighted by Gasteiger charge is 2.18. The summed E-state index contributed by atoms with van der Waals surface area (Å²) in [6.07, 6.45) is 2.93. The summed E-state index contributed by atoms with van der Waals surface area (Å²) in [4.78, 5) is 21.1. The van der Waals surface area contributed by atoms with E-state index in [-0.39, 0.29) is 17.1 Å². The lowest BCUT2D eigenvalue weighted by Crippen LogP contribution is -1.96. The molecule has 0 unspecified atom stereocenters. The summed E-state index contributed by atoms with van der Waals surface area (Å²) in [5, 5.41) is 22.1. The normalized spacial score (nSPS) is 10.6. The summed E-state index contributed by atoms with van der Waals surface area (Å²) < 4.78 is 4.98. The molecule has 0 aliphatic heterocycles. The van der Waals surface area contributed by atoms with Crippen LogP contribution in [0.1, 0.15) is 11.1 Å². The van der Waals surface area contributed by atoms with E-state index in [1.807, 2.05) is 0 Å². The Kier molecular flexibility index (Phi) is 4.47. The summed E-state index contributed by atoms with van der Waals surface area (Å²) in [5.41, 5.74) is 0.427. The first kappa shape index (κ1) is 15.2. The largest absolute Gasteiger partial charge is 0.490 e. The molecule has 2 aromatic rings. The van der Waals surface area contributed by atoms with Crippen molar-refractivity contribution in [2.75, 3.05) is 7.11 Å². The minimum atomic E-state index is -0.544. The number of hydrogen-bond acceptors (Lipinski definition) is 5. The molecule has 2 aromatic carbocycles. The van der Waals surface area contributed by atoms with Crippen LogP contribution in [0.15, 0.2) is 42.5 Å². The van der Waals surface area contributed by atoms with E-state index in [4.69, 9.17) is 4.74 Å². The van der Waals surface area contributed by atoms with Gasteiger partial charge in [-0.15, -0.1) is 0 Å². The fourth-order valence-corrected chi connectivity index (χ4v) is 2.01. The van der Waals surface area contributed by atoms with Gasteiger partial charge in [-0.2, -0.15) is 0 Å². The lowest BCUT2D eigenvalue weighted by molar-refractivity contribution is -0.386. The molecule has 0 amide bonds. The van der Waals surface area contributed by atoms with Gasteiger partial charge in [-0.3, -0.25) is 20.2 Å². The van der Waals surface area contributed by atoms with Crippen LogP contribution in [0.2, 0.25) is 0 Å². The monoisotopic (exact) mass is 300 g/mol. The van der Waals surface area contributed by atoms with E-state index in [0.29, 0.717) is 11.1 Å². The zero-order valence-corrected chi connectivity index (χ0v) is 11.6. The van der Waals surface area contributed by atoms with Crippen molar-refractivity contribution in [3.63, 3.8) is 0 Å². The predicted molar refractivity (Wildman–Crippen MR) is 81.7 cm³/mol. The smallest absolute Gasteiger partial charge is 0.318 e. The van der Waals surface area contributed by atoms with Crippen LogP contribution in [0.4, 0.5) is 11.4 Å². The second-order valence-electron chi connectivity index (χ2n) is 4.30. The lowest BCUT2D eigenvalue weighted by Gasteiger charge is -2.03. The zero-order chi connectivity index (χ0) is 16.1. The van der Waals surface area contributed by atoms with E-state index in [0.717, 1.165) is 0 Å². The predicted octanol–water partition coefficient (Wildman–Crippen LogP) is 3.68. The molecule has 0 atom stereocenters. The van der Waals surface area contributed by atoms with Crippen molar-refractivity contribution >= 4 is 23.5 Å². The molecule has 0 spiro atoms. The Morgan fingerprint density at radius 1 is 0.909 bits per heavy atom. The number of hydrogen-bond donors (Lipinski definition) is 0. The molecule has 112 valence electrons. The summed E-state index contributed by atoms with van der Waals surface area (Å²) in [5.74, 6) is 0.134. The van der Waals surface area contributed by atoms with Crippen molar-refractivity contribution in [3.05, 3.63) is 73.8 Å². The molecule has 0 aliphatic rings. The van der Waals surface area contributed by atoms with Crippen LogP contribution in [-0.2, 0) is 0 Å².